The number of aliphatic hydroxyl groups excluding tert-OH is 1. The van der Waals surface area contributed by atoms with Crippen LogP contribution in [-0.4, -0.2) is 35.2 Å². The molecule has 4 unspecified atom stereocenters. The third-order valence-electron chi connectivity index (χ3n) is 3.97. The zero-order chi connectivity index (χ0) is 13.1. The van der Waals surface area contributed by atoms with Crippen LogP contribution < -0.4 is 5.32 Å². The Labute approximate surface area is 106 Å². The van der Waals surface area contributed by atoms with Gasteiger partial charge in [-0.05, 0) is 31.1 Å². The molecule has 0 aromatic rings. The molecule has 5 heteroatoms. The van der Waals surface area contributed by atoms with Gasteiger partial charge in [-0.25, -0.2) is 0 Å². The van der Waals surface area contributed by atoms with Crippen molar-refractivity contribution in [3.05, 3.63) is 12.2 Å². The van der Waals surface area contributed by atoms with Crippen LogP contribution in [0.4, 0.5) is 0 Å². The van der Waals surface area contributed by atoms with Crippen molar-refractivity contribution in [3.63, 3.8) is 0 Å². The molecule has 2 bridgehead atoms. The predicted molar refractivity (Wildman–Crippen MR) is 64.7 cm³/mol. The molecule has 4 atom stereocenters. The summed E-state index contributed by atoms with van der Waals surface area (Å²) in [6.45, 7) is 0.429. The number of aliphatic carboxylic acids is 1. The highest BCUT2D eigenvalue weighted by Crippen LogP contribution is 2.44. The molecule has 0 aromatic heterocycles. The van der Waals surface area contributed by atoms with Crippen LogP contribution in [0.25, 0.3) is 0 Å². The van der Waals surface area contributed by atoms with E-state index in [0.29, 0.717) is 13.0 Å². The van der Waals surface area contributed by atoms with E-state index in [1.165, 1.54) is 0 Å². The van der Waals surface area contributed by atoms with Crippen molar-refractivity contribution in [2.45, 2.75) is 19.3 Å². The van der Waals surface area contributed by atoms with Crippen molar-refractivity contribution in [3.8, 4) is 0 Å². The van der Waals surface area contributed by atoms with E-state index in [1.54, 1.807) is 0 Å². The third kappa shape index (κ3) is 2.41. The monoisotopic (exact) mass is 253 g/mol. The maximum Gasteiger partial charge on any atom is 0.307 e. The SMILES string of the molecule is O=C(O)C1C2C=CC(CC2)C1C(=O)NCCCO. The lowest BCUT2D eigenvalue weighted by molar-refractivity contribution is -0.152. The highest BCUT2D eigenvalue weighted by atomic mass is 16.4. The van der Waals surface area contributed by atoms with Crippen LogP contribution in [0.1, 0.15) is 19.3 Å². The zero-order valence-corrected chi connectivity index (χ0v) is 10.2. The van der Waals surface area contributed by atoms with Gasteiger partial charge >= 0.3 is 5.97 Å². The molecular weight excluding hydrogens is 234 g/mol. The molecule has 0 saturated heterocycles. The van der Waals surface area contributed by atoms with Gasteiger partial charge in [-0.3, -0.25) is 9.59 Å². The molecule has 0 aliphatic heterocycles. The maximum atomic E-state index is 12.1. The first-order valence-corrected chi connectivity index (χ1v) is 6.45. The lowest BCUT2D eigenvalue weighted by Gasteiger charge is -2.41. The number of hydrogen-bond donors (Lipinski definition) is 3. The first-order chi connectivity index (χ1) is 8.65. The molecule has 3 N–H and O–H groups in total. The van der Waals surface area contributed by atoms with Gasteiger partial charge in [0.25, 0.3) is 0 Å². The fourth-order valence-corrected chi connectivity index (χ4v) is 3.10. The highest BCUT2D eigenvalue weighted by Gasteiger charge is 2.47. The molecule has 0 radical (unpaired) electrons. The van der Waals surface area contributed by atoms with Gasteiger partial charge in [0.1, 0.15) is 0 Å². The quantitative estimate of drug-likeness (QED) is 0.489. The summed E-state index contributed by atoms with van der Waals surface area (Å²) in [6.07, 6.45) is 6.19. The molecule has 1 saturated carbocycles. The van der Waals surface area contributed by atoms with E-state index in [9.17, 15) is 14.7 Å². The first kappa shape index (κ1) is 13.1. The molecule has 18 heavy (non-hydrogen) atoms. The molecule has 1 fully saturated rings. The Morgan fingerprint density at radius 2 is 1.78 bits per heavy atom. The van der Waals surface area contributed by atoms with Crippen LogP contribution in [0, 0.1) is 23.7 Å². The van der Waals surface area contributed by atoms with Crippen LogP contribution in [-0.2, 0) is 9.59 Å². The molecule has 0 heterocycles. The standard InChI is InChI=1S/C13H19NO4/c15-7-1-6-14-12(16)10-8-2-4-9(5-3-8)11(10)13(17)18/h2,4,8-11,15H,1,3,5-7H2,(H,14,16)(H,17,18). The second kappa shape index (κ2) is 5.52. The fraction of sp³-hybridized carbons (Fsp3) is 0.692. The minimum Gasteiger partial charge on any atom is -0.481 e. The van der Waals surface area contributed by atoms with Crippen LogP contribution in [0.2, 0.25) is 0 Å². The number of hydrogen-bond acceptors (Lipinski definition) is 3. The normalized spacial score (nSPS) is 33.4. The van der Waals surface area contributed by atoms with Gasteiger partial charge in [0.05, 0.1) is 11.8 Å². The number of carbonyl (C=O) groups is 2. The molecule has 5 nitrogen and oxygen atoms in total. The summed E-state index contributed by atoms with van der Waals surface area (Å²) in [5.41, 5.74) is 0. The maximum absolute atomic E-state index is 12.1. The number of carbonyl (C=O) groups excluding carboxylic acids is 1. The Bertz CT molecular complexity index is 366. The lowest BCUT2D eigenvalue weighted by Crippen LogP contribution is -2.49. The first-order valence-electron chi connectivity index (χ1n) is 6.45. The van der Waals surface area contributed by atoms with Gasteiger partial charge in [-0.1, -0.05) is 12.2 Å². The second-order valence-corrected chi connectivity index (χ2v) is 5.05. The van der Waals surface area contributed by atoms with Crippen molar-refractivity contribution in [1.82, 2.24) is 5.32 Å². The summed E-state index contributed by atoms with van der Waals surface area (Å²) in [7, 11) is 0. The average Bonchev–Trinajstić information content (AvgIpc) is 2.39. The van der Waals surface area contributed by atoms with Gasteiger partial charge in [0, 0.05) is 13.2 Å². The van der Waals surface area contributed by atoms with Crippen LogP contribution in [0.5, 0.6) is 0 Å². The van der Waals surface area contributed by atoms with Crippen LogP contribution >= 0.6 is 0 Å². The number of allylic oxidation sites excluding steroid dienone is 2. The van der Waals surface area contributed by atoms with Crippen molar-refractivity contribution >= 4 is 11.9 Å². The zero-order valence-electron chi connectivity index (χ0n) is 10.2. The van der Waals surface area contributed by atoms with Crippen LogP contribution in [0.3, 0.4) is 0 Å². The van der Waals surface area contributed by atoms with E-state index >= 15 is 0 Å². The Morgan fingerprint density at radius 3 is 2.28 bits per heavy atom. The Hall–Kier alpha value is -1.36. The molecule has 100 valence electrons. The largest absolute Gasteiger partial charge is 0.481 e. The Morgan fingerprint density at radius 1 is 1.17 bits per heavy atom. The smallest absolute Gasteiger partial charge is 0.307 e. The van der Waals surface area contributed by atoms with Gasteiger partial charge in [0.2, 0.25) is 5.91 Å². The lowest BCUT2D eigenvalue weighted by atomic mass is 9.62. The minimum absolute atomic E-state index is 0.0129. The van der Waals surface area contributed by atoms with E-state index in [2.05, 4.69) is 5.32 Å². The summed E-state index contributed by atoms with van der Waals surface area (Å²) in [4.78, 5) is 23.4. The van der Waals surface area contributed by atoms with Crippen molar-refractivity contribution < 1.29 is 19.8 Å². The minimum atomic E-state index is -0.878. The van der Waals surface area contributed by atoms with Gasteiger partial charge in [-0.2, -0.15) is 0 Å². The van der Waals surface area contributed by atoms with Crippen molar-refractivity contribution in [1.29, 1.82) is 0 Å². The summed E-state index contributed by atoms with van der Waals surface area (Å²) >= 11 is 0. The van der Waals surface area contributed by atoms with Gasteiger partial charge in [-0.15, -0.1) is 0 Å². The van der Waals surface area contributed by atoms with Crippen molar-refractivity contribution in [2.24, 2.45) is 23.7 Å². The van der Waals surface area contributed by atoms with Crippen LogP contribution in [0.15, 0.2) is 12.2 Å². The van der Waals surface area contributed by atoms with E-state index < -0.39 is 17.8 Å². The molecular formula is C13H19NO4. The van der Waals surface area contributed by atoms with E-state index in [0.717, 1.165) is 12.8 Å². The highest BCUT2D eigenvalue weighted by molar-refractivity contribution is 5.86. The summed E-state index contributed by atoms with van der Waals surface area (Å²) < 4.78 is 0. The predicted octanol–water partition coefficient (Wildman–Crippen LogP) is 0.398. The Kier molecular flexibility index (Phi) is 4.01. The molecule has 0 aromatic carbocycles. The number of fused-ring (bicyclic) bond motifs is 2. The number of amides is 1. The summed E-state index contributed by atoms with van der Waals surface area (Å²) in [5.74, 6) is -2.08. The number of aliphatic hydroxyl groups is 1. The molecule has 3 aliphatic carbocycles. The second-order valence-electron chi connectivity index (χ2n) is 5.05. The summed E-state index contributed by atoms with van der Waals surface area (Å²) in [6, 6.07) is 0. The third-order valence-corrected chi connectivity index (χ3v) is 3.97. The van der Waals surface area contributed by atoms with Gasteiger partial charge in [0.15, 0.2) is 0 Å². The average molecular weight is 253 g/mol. The van der Waals surface area contributed by atoms with E-state index in [4.69, 9.17) is 5.11 Å². The van der Waals surface area contributed by atoms with E-state index in [-0.39, 0.29) is 24.3 Å². The van der Waals surface area contributed by atoms with E-state index in [1.807, 2.05) is 12.2 Å². The number of rotatable bonds is 5. The topological polar surface area (TPSA) is 86.6 Å². The number of carboxylic acid groups (broad SMARTS) is 1. The number of nitrogens with one attached hydrogen (secondary N) is 1. The molecule has 3 rings (SSSR count). The van der Waals surface area contributed by atoms with Gasteiger partial charge < -0.3 is 15.5 Å². The molecule has 1 amide bonds. The number of carboxylic acids is 1. The fourth-order valence-electron chi connectivity index (χ4n) is 3.10. The Balaban J connectivity index is 2.07. The molecule has 3 aliphatic rings. The summed E-state index contributed by atoms with van der Waals surface area (Å²) in [5, 5.41) is 20.7. The van der Waals surface area contributed by atoms with Crippen molar-refractivity contribution in [2.75, 3.05) is 13.2 Å². The molecule has 0 spiro atoms.